The van der Waals surface area contributed by atoms with Crippen LogP contribution in [0.4, 0.5) is 0 Å². The van der Waals surface area contributed by atoms with E-state index in [-0.39, 0.29) is 12.0 Å². The van der Waals surface area contributed by atoms with Crippen molar-refractivity contribution in [1.82, 2.24) is 9.78 Å². The summed E-state index contributed by atoms with van der Waals surface area (Å²) < 4.78 is 1.94. The largest absolute Gasteiger partial charge is 0.396 e. The van der Waals surface area contributed by atoms with E-state index in [1.165, 1.54) is 0 Å². The fourth-order valence-corrected chi connectivity index (χ4v) is 2.03. The summed E-state index contributed by atoms with van der Waals surface area (Å²) in [6.45, 7) is 9.13. The van der Waals surface area contributed by atoms with Gasteiger partial charge in [0.05, 0.1) is 16.4 Å². The summed E-state index contributed by atoms with van der Waals surface area (Å²) >= 11 is 6.31. The minimum atomic E-state index is -0.151. The van der Waals surface area contributed by atoms with Crippen LogP contribution >= 0.6 is 11.6 Å². The zero-order chi connectivity index (χ0) is 12.3. The predicted molar refractivity (Wildman–Crippen MR) is 66.9 cm³/mol. The third kappa shape index (κ3) is 2.77. The quantitative estimate of drug-likeness (QED) is 0.865. The van der Waals surface area contributed by atoms with Gasteiger partial charge in [-0.3, -0.25) is 4.68 Å². The maximum atomic E-state index is 9.30. The van der Waals surface area contributed by atoms with E-state index in [9.17, 15) is 5.11 Å². The molecule has 0 saturated heterocycles. The summed E-state index contributed by atoms with van der Waals surface area (Å²) in [5, 5.41) is 14.5. The highest BCUT2D eigenvalue weighted by Gasteiger charge is 2.23. The first-order chi connectivity index (χ1) is 7.45. The van der Waals surface area contributed by atoms with Crippen LogP contribution in [0, 0.1) is 5.41 Å². The van der Waals surface area contributed by atoms with Crippen molar-refractivity contribution in [3.05, 3.63) is 16.4 Å². The van der Waals surface area contributed by atoms with E-state index in [0.29, 0.717) is 0 Å². The van der Waals surface area contributed by atoms with Crippen LogP contribution in [0.15, 0.2) is 0 Å². The van der Waals surface area contributed by atoms with E-state index >= 15 is 0 Å². The third-order valence-corrected chi connectivity index (χ3v) is 3.20. The minimum Gasteiger partial charge on any atom is -0.396 e. The lowest BCUT2D eigenvalue weighted by Gasteiger charge is -2.22. The topological polar surface area (TPSA) is 38.0 Å². The van der Waals surface area contributed by atoms with Crippen molar-refractivity contribution < 1.29 is 5.11 Å². The zero-order valence-corrected chi connectivity index (χ0v) is 11.3. The number of nitrogens with zero attached hydrogens (tertiary/aromatic N) is 2. The van der Waals surface area contributed by atoms with Crippen LogP contribution in [0.25, 0.3) is 0 Å². The number of hydrogen-bond donors (Lipinski definition) is 1. The molecule has 0 aliphatic rings. The molecular formula is C12H21ClN2O. The average molecular weight is 245 g/mol. The predicted octanol–water partition coefficient (Wildman–Crippen LogP) is 2.68. The summed E-state index contributed by atoms with van der Waals surface area (Å²) in [6.07, 6.45) is 1.60. The highest BCUT2D eigenvalue weighted by molar-refractivity contribution is 6.31. The third-order valence-electron chi connectivity index (χ3n) is 2.77. The van der Waals surface area contributed by atoms with Gasteiger partial charge in [-0.25, -0.2) is 0 Å². The molecule has 3 nitrogen and oxygen atoms in total. The second kappa shape index (κ2) is 5.19. The van der Waals surface area contributed by atoms with Crippen molar-refractivity contribution in [2.24, 2.45) is 5.41 Å². The van der Waals surface area contributed by atoms with Crippen LogP contribution in [0.2, 0.25) is 5.02 Å². The SMILES string of the molecule is CCc1nn(CC)c(CC(C)(C)CO)c1Cl. The highest BCUT2D eigenvalue weighted by atomic mass is 35.5. The van der Waals surface area contributed by atoms with Gasteiger partial charge in [0.2, 0.25) is 0 Å². The second-order valence-corrected chi connectivity index (χ2v) is 5.25. The summed E-state index contributed by atoms with van der Waals surface area (Å²) in [7, 11) is 0. The number of aliphatic hydroxyl groups is 1. The first kappa shape index (κ1) is 13.5. The lowest BCUT2D eigenvalue weighted by atomic mass is 9.89. The molecule has 0 bridgehead atoms. The standard InChI is InChI=1S/C12H21ClN2O/c1-5-9-11(13)10(15(6-2)14-9)7-12(3,4)8-16/h16H,5-8H2,1-4H3. The van der Waals surface area contributed by atoms with Gasteiger partial charge >= 0.3 is 0 Å². The van der Waals surface area contributed by atoms with E-state index in [2.05, 4.69) is 18.9 Å². The number of aliphatic hydroxyl groups excluding tert-OH is 1. The first-order valence-corrected chi connectivity index (χ1v) is 6.18. The molecule has 0 aliphatic heterocycles. The van der Waals surface area contributed by atoms with Crippen molar-refractivity contribution in [2.75, 3.05) is 6.61 Å². The first-order valence-electron chi connectivity index (χ1n) is 5.80. The number of hydrogen-bond acceptors (Lipinski definition) is 2. The Morgan fingerprint density at radius 2 is 2.00 bits per heavy atom. The number of aromatic nitrogens is 2. The molecular weight excluding hydrogens is 224 g/mol. The Morgan fingerprint density at radius 1 is 1.38 bits per heavy atom. The van der Waals surface area contributed by atoms with Crippen LogP contribution in [0.3, 0.4) is 0 Å². The fraction of sp³-hybridized carbons (Fsp3) is 0.750. The smallest absolute Gasteiger partial charge is 0.0850 e. The Balaban J connectivity index is 3.06. The molecule has 0 radical (unpaired) electrons. The molecule has 0 aliphatic carbocycles. The highest BCUT2D eigenvalue weighted by Crippen LogP contribution is 2.28. The van der Waals surface area contributed by atoms with Gasteiger partial charge in [0.25, 0.3) is 0 Å². The fourth-order valence-electron chi connectivity index (χ4n) is 1.70. The van der Waals surface area contributed by atoms with Crippen LogP contribution in [-0.4, -0.2) is 21.5 Å². The van der Waals surface area contributed by atoms with Gasteiger partial charge in [-0.2, -0.15) is 5.10 Å². The Morgan fingerprint density at radius 3 is 2.44 bits per heavy atom. The summed E-state index contributed by atoms with van der Waals surface area (Å²) in [5.41, 5.74) is 1.84. The van der Waals surface area contributed by atoms with Gasteiger partial charge in [0.15, 0.2) is 0 Å². The molecule has 4 heteroatoms. The lowest BCUT2D eigenvalue weighted by molar-refractivity contribution is 0.157. The van der Waals surface area contributed by atoms with Gasteiger partial charge in [-0.1, -0.05) is 32.4 Å². The zero-order valence-electron chi connectivity index (χ0n) is 10.5. The number of halogens is 1. The molecule has 0 amide bonds. The molecule has 0 unspecified atom stereocenters. The molecule has 1 N–H and O–H groups in total. The summed E-state index contributed by atoms with van der Waals surface area (Å²) in [5.74, 6) is 0. The molecule has 1 heterocycles. The average Bonchev–Trinajstić information content (AvgIpc) is 2.55. The Bertz CT molecular complexity index is 358. The van der Waals surface area contributed by atoms with Gasteiger partial charge in [0, 0.05) is 13.2 Å². The van der Waals surface area contributed by atoms with Gasteiger partial charge in [-0.05, 0) is 25.2 Å². The van der Waals surface area contributed by atoms with Crippen LogP contribution < -0.4 is 0 Å². The minimum absolute atomic E-state index is 0.151. The monoisotopic (exact) mass is 244 g/mol. The summed E-state index contributed by atoms with van der Waals surface area (Å²) in [6, 6.07) is 0. The van der Waals surface area contributed by atoms with Crippen LogP contribution in [0.1, 0.15) is 39.1 Å². The van der Waals surface area contributed by atoms with Crippen molar-refractivity contribution in [3.8, 4) is 0 Å². The van der Waals surface area contributed by atoms with E-state index in [1.54, 1.807) is 0 Å². The van der Waals surface area contributed by atoms with E-state index < -0.39 is 0 Å². The molecule has 92 valence electrons. The van der Waals surface area contributed by atoms with Crippen molar-refractivity contribution in [2.45, 2.75) is 47.1 Å². The molecule has 0 fully saturated rings. The normalized spacial score (nSPS) is 12.1. The lowest BCUT2D eigenvalue weighted by Crippen LogP contribution is -2.22. The van der Waals surface area contributed by atoms with E-state index in [4.69, 9.17) is 11.6 Å². The van der Waals surface area contributed by atoms with Crippen molar-refractivity contribution >= 4 is 11.6 Å². The van der Waals surface area contributed by atoms with Crippen LogP contribution in [0.5, 0.6) is 0 Å². The molecule has 0 atom stereocenters. The van der Waals surface area contributed by atoms with Gasteiger partial charge in [0.1, 0.15) is 0 Å². The molecule has 0 spiro atoms. The molecule has 1 rings (SSSR count). The number of aryl methyl sites for hydroxylation is 2. The summed E-state index contributed by atoms with van der Waals surface area (Å²) in [4.78, 5) is 0. The maximum absolute atomic E-state index is 9.30. The molecule has 0 aromatic carbocycles. The van der Waals surface area contributed by atoms with E-state index in [0.717, 1.165) is 35.8 Å². The van der Waals surface area contributed by atoms with Crippen molar-refractivity contribution in [3.63, 3.8) is 0 Å². The van der Waals surface area contributed by atoms with Gasteiger partial charge < -0.3 is 5.11 Å². The molecule has 0 saturated carbocycles. The van der Waals surface area contributed by atoms with Crippen molar-refractivity contribution in [1.29, 1.82) is 0 Å². The second-order valence-electron chi connectivity index (χ2n) is 4.88. The number of rotatable bonds is 5. The maximum Gasteiger partial charge on any atom is 0.0850 e. The Hall–Kier alpha value is -0.540. The van der Waals surface area contributed by atoms with Crippen LogP contribution in [-0.2, 0) is 19.4 Å². The Kier molecular flexibility index (Phi) is 4.39. The molecule has 1 aromatic rings. The van der Waals surface area contributed by atoms with Gasteiger partial charge in [-0.15, -0.1) is 0 Å². The Labute approximate surface area is 102 Å². The van der Waals surface area contributed by atoms with E-state index in [1.807, 2.05) is 18.5 Å². The molecule has 1 aromatic heterocycles. The molecule has 16 heavy (non-hydrogen) atoms.